The molecule has 0 heterocycles. The van der Waals surface area contributed by atoms with E-state index in [-0.39, 0.29) is 35.4 Å². The summed E-state index contributed by atoms with van der Waals surface area (Å²) in [6.07, 6.45) is 0.822. The molecule has 0 saturated heterocycles. The highest BCUT2D eigenvalue weighted by atomic mass is 127. The second-order valence-corrected chi connectivity index (χ2v) is 6.59. The van der Waals surface area contributed by atoms with Gasteiger partial charge in [-0.2, -0.15) is 0 Å². The van der Waals surface area contributed by atoms with Crippen LogP contribution in [0.25, 0.3) is 0 Å². The number of benzene rings is 1. The predicted octanol–water partition coefficient (Wildman–Crippen LogP) is 1.71. The number of aliphatic imine (C=N–C) groups is 1. The molecular weight excluding hydrogens is 429 g/mol. The Labute approximate surface area is 168 Å². The molecule has 25 heavy (non-hydrogen) atoms. The fourth-order valence-electron chi connectivity index (χ4n) is 2.02. The molecule has 0 atom stereocenters. The van der Waals surface area contributed by atoms with Crippen LogP contribution in [0.2, 0.25) is 0 Å². The molecule has 0 spiro atoms. The van der Waals surface area contributed by atoms with Crippen LogP contribution in [0.3, 0.4) is 0 Å². The number of nitrogens with one attached hydrogen (secondary N) is 3. The standard InChI is InChI=1S/C18H31N5O.HI/c1-18(2,23(5)6)13-22-17(20-4)21-11-10-14-8-7-9-15(12-14)16(24)19-3;/h7-9,12H,10-11,13H2,1-6H3,(H,19,24)(H2,20,21,22);1H. The highest BCUT2D eigenvalue weighted by Crippen LogP contribution is 2.08. The fraction of sp³-hybridized carbons (Fsp3) is 0.556. The van der Waals surface area contributed by atoms with Crippen molar-refractivity contribution in [2.24, 2.45) is 4.99 Å². The van der Waals surface area contributed by atoms with Crippen molar-refractivity contribution in [2.75, 3.05) is 41.3 Å². The van der Waals surface area contributed by atoms with E-state index in [1.807, 2.05) is 24.3 Å². The van der Waals surface area contributed by atoms with Gasteiger partial charge in [0.2, 0.25) is 0 Å². The summed E-state index contributed by atoms with van der Waals surface area (Å²) >= 11 is 0. The lowest BCUT2D eigenvalue weighted by Gasteiger charge is -2.33. The summed E-state index contributed by atoms with van der Waals surface area (Å²) in [7, 11) is 7.54. The van der Waals surface area contributed by atoms with Gasteiger partial charge in [-0.05, 0) is 52.1 Å². The zero-order valence-corrected chi connectivity index (χ0v) is 18.5. The number of hydrogen-bond donors (Lipinski definition) is 3. The first kappa shape index (κ1) is 23.6. The number of rotatable bonds is 7. The largest absolute Gasteiger partial charge is 0.356 e. The second kappa shape index (κ2) is 11.3. The van der Waals surface area contributed by atoms with Crippen molar-refractivity contribution in [3.8, 4) is 0 Å². The van der Waals surface area contributed by atoms with E-state index < -0.39 is 0 Å². The average molecular weight is 461 g/mol. The van der Waals surface area contributed by atoms with Crippen molar-refractivity contribution >= 4 is 35.8 Å². The molecule has 142 valence electrons. The summed E-state index contributed by atoms with van der Waals surface area (Å²) in [5, 5.41) is 9.31. The number of likely N-dealkylation sites (N-methyl/N-ethyl adjacent to an activating group) is 1. The number of hydrogen-bond acceptors (Lipinski definition) is 3. The summed E-state index contributed by atoms with van der Waals surface area (Å²) in [5.41, 5.74) is 1.84. The number of carbonyl (C=O) groups is 1. The first-order valence-corrected chi connectivity index (χ1v) is 8.23. The Hall–Kier alpha value is -1.35. The van der Waals surface area contributed by atoms with Crippen LogP contribution in [0.15, 0.2) is 29.3 Å². The van der Waals surface area contributed by atoms with E-state index in [1.54, 1.807) is 14.1 Å². The van der Waals surface area contributed by atoms with Crippen molar-refractivity contribution in [1.82, 2.24) is 20.9 Å². The minimum absolute atomic E-state index is 0. The molecule has 0 unspecified atom stereocenters. The third-order valence-corrected chi connectivity index (χ3v) is 4.25. The van der Waals surface area contributed by atoms with Crippen molar-refractivity contribution in [3.63, 3.8) is 0 Å². The molecule has 0 aromatic heterocycles. The summed E-state index contributed by atoms with van der Waals surface area (Å²) in [6, 6.07) is 7.68. The Morgan fingerprint density at radius 1 is 1.24 bits per heavy atom. The first-order valence-electron chi connectivity index (χ1n) is 8.23. The molecule has 6 nitrogen and oxygen atoms in total. The minimum atomic E-state index is -0.0618. The zero-order valence-electron chi connectivity index (χ0n) is 16.1. The van der Waals surface area contributed by atoms with Crippen LogP contribution in [-0.4, -0.2) is 63.6 Å². The van der Waals surface area contributed by atoms with Gasteiger partial charge in [-0.3, -0.25) is 9.79 Å². The predicted molar refractivity (Wildman–Crippen MR) is 116 cm³/mol. The maximum Gasteiger partial charge on any atom is 0.251 e. The van der Waals surface area contributed by atoms with Crippen LogP contribution in [0.4, 0.5) is 0 Å². The Kier molecular flexibility index (Phi) is 10.7. The summed E-state index contributed by atoms with van der Waals surface area (Å²) in [4.78, 5) is 18.1. The van der Waals surface area contributed by atoms with Crippen molar-refractivity contribution in [2.45, 2.75) is 25.8 Å². The summed E-state index contributed by atoms with van der Waals surface area (Å²) < 4.78 is 0. The molecule has 1 aromatic rings. The third kappa shape index (κ3) is 8.04. The Bertz CT molecular complexity index is 572. The smallest absolute Gasteiger partial charge is 0.251 e. The normalized spacial score (nSPS) is 11.7. The van der Waals surface area contributed by atoms with Crippen LogP contribution in [0, 0.1) is 0 Å². The number of amides is 1. The van der Waals surface area contributed by atoms with Gasteiger partial charge in [0.15, 0.2) is 5.96 Å². The topological polar surface area (TPSA) is 68.8 Å². The molecule has 0 aliphatic heterocycles. The molecule has 3 N–H and O–H groups in total. The molecule has 0 aliphatic rings. The van der Waals surface area contributed by atoms with Crippen molar-refractivity contribution < 1.29 is 4.79 Å². The summed E-state index contributed by atoms with van der Waals surface area (Å²) in [6.45, 7) is 5.90. The Balaban J connectivity index is 0.00000576. The quantitative estimate of drug-likeness (QED) is 0.329. The molecule has 0 bridgehead atoms. The van der Waals surface area contributed by atoms with Gasteiger partial charge in [-0.15, -0.1) is 24.0 Å². The van der Waals surface area contributed by atoms with E-state index in [2.05, 4.69) is 53.8 Å². The van der Waals surface area contributed by atoms with E-state index in [9.17, 15) is 4.79 Å². The highest BCUT2D eigenvalue weighted by Gasteiger charge is 2.20. The third-order valence-electron chi connectivity index (χ3n) is 4.25. The van der Waals surface area contributed by atoms with Gasteiger partial charge in [0.25, 0.3) is 5.91 Å². The Morgan fingerprint density at radius 3 is 2.48 bits per heavy atom. The van der Waals surface area contributed by atoms with Gasteiger partial charge < -0.3 is 20.9 Å². The van der Waals surface area contributed by atoms with E-state index in [1.165, 1.54) is 0 Å². The Morgan fingerprint density at radius 2 is 1.92 bits per heavy atom. The van der Waals surface area contributed by atoms with Crippen molar-refractivity contribution in [1.29, 1.82) is 0 Å². The number of guanidine groups is 1. The fourth-order valence-corrected chi connectivity index (χ4v) is 2.02. The lowest BCUT2D eigenvalue weighted by Crippen LogP contribution is -2.51. The number of nitrogens with zero attached hydrogens (tertiary/aromatic N) is 2. The molecule has 0 aliphatic carbocycles. The molecule has 7 heteroatoms. The van der Waals surface area contributed by atoms with E-state index in [4.69, 9.17) is 0 Å². The van der Waals surface area contributed by atoms with Gasteiger partial charge >= 0.3 is 0 Å². The molecule has 0 radical (unpaired) electrons. The number of carbonyl (C=O) groups excluding carboxylic acids is 1. The summed E-state index contributed by atoms with van der Waals surface area (Å²) in [5.74, 6) is 0.723. The average Bonchev–Trinajstić information content (AvgIpc) is 2.57. The van der Waals surface area contributed by atoms with Gasteiger partial charge in [-0.1, -0.05) is 12.1 Å². The highest BCUT2D eigenvalue weighted by molar-refractivity contribution is 14.0. The van der Waals surface area contributed by atoms with Crippen LogP contribution >= 0.6 is 24.0 Å². The van der Waals surface area contributed by atoms with E-state index in [0.717, 1.165) is 31.0 Å². The van der Waals surface area contributed by atoms with Crippen LogP contribution < -0.4 is 16.0 Å². The molecule has 1 rings (SSSR count). The lowest BCUT2D eigenvalue weighted by molar-refractivity contribution is 0.0963. The monoisotopic (exact) mass is 461 g/mol. The van der Waals surface area contributed by atoms with Crippen molar-refractivity contribution in [3.05, 3.63) is 35.4 Å². The van der Waals surface area contributed by atoms with E-state index in [0.29, 0.717) is 5.56 Å². The second-order valence-electron chi connectivity index (χ2n) is 6.59. The van der Waals surface area contributed by atoms with Gasteiger partial charge in [0.1, 0.15) is 0 Å². The van der Waals surface area contributed by atoms with Gasteiger partial charge in [-0.25, -0.2) is 0 Å². The van der Waals surface area contributed by atoms with Crippen LogP contribution in [0.5, 0.6) is 0 Å². The van der Waals surface area contributed by atoms with Crippen LogP contribution in [-0.2, 0) is 6.42 Å². The number of halogens is 1. The lowest BCUT2D eigenvalue weighted by atomic mass is 10.0. The van der Waals surface area contributed by atoms with Crippen LogP contribution in [0.1, 0.15) is 29.8 Å². The molecular formula is C18H32IN5O. The van der Waals surface area contributed by atoms with Gasteiger partial charge in [0.05, 0.1) is 0 Å². The maximum atomic E-state index is 11.7. The molecule has 1 amide bonds. The minimum Gasteiger partial charge on any atom is -0.356 e. The van der Waals surface area contributed by atoms with Gasteiger partial charge in [0, 0.05) is 38.3 Å². The molecule has 0 fully saturated rings. The molecule has 1 aromatic carbocycles. The van der Waals surface area contributed by atoms with E-state index >= 15 is 0 Å². The zero-order chi connectivity index (χ0) is 18.2. The molecule has 0 saturated carbocycles. The SMILES string of the molecule is CN=C(NCCc1cccc(C(=O)NC)c1)NCC(C)(C)N(C)C.I. The maximum absolute atomic E-state index is 11.7. The first-order chi connectivity index (χ1) is 11.3.